The number of ether oxygens (including phenoxy) is 1. The molecule has 4 rings (SSSR count). The number of hydrogen-bond donors (Lipinski definition) is 0. The van der Waals surface area contributed by atoms with E-state index in [-0.39, 0.29) is 5.91 Å². The average molecular weight is 392 g/mol. The Kier molecular flexibility index (Phi) is 5.57. The zero-order valence-electron chi connectivity index (χ0n) is 16.7. The van der Waals surface area contributed by atoms with Crippen LogP contribution in [0.4, 0.5) is 0 Å². The van der Waals surface area contributed by atoms with Gasteiger partial charge >= 0.3 is 0 Å². The zero-order valence-corrected chi connectivity index (χ0v) is 16.7. The number of methoxy groups -OCH3 is 1. The molecule has 1 aliphatic rings. The highest BCUT2D eigenvalue weighted by Gasteiger charge is 2.23. The van der Waals surface area contributed by atoms with Gasteiger partial charge in [-0.2, -0.15) is 4.98 Å². The summed E-state index contributed by atoms with van der Waals surface area (Å²) in [6, 6.07) is 15.3. The first-order chi connectivity index (χ1) is 14.1. The molecule has 29 heavy (non-hydrogen) atoms. The van der Waals surface area contributed by atoms with Crippen LogP contribution in [0.2, 0.25) is 0 Å². The molecule has 0 aliphatic carbocycles. The minimum absolute atomic E-state index is 0.0306. The van der Waals surface area contributed by atoms with Gasteiger partial charge in [0.15, 0.2) is 0 Å². The molecule has 1 aromatic heterocycles. The summed E-state index contributed by atoms with van der Waals surface area (Å²) < 4.78 is 10.6. The molecule has 0 radical (unpaired) electrons. The largest absolute Gasteiger partial charge is 0.497 e. The van der Waals surface area contributed by atoms with Crippen molar-refractivity contribution in [2.45, 2.75) is 13.5 Å². The van der Waals surface area contributed by atoms with Crippen molar-refractivity contribution >= 4 is 5.91 Å². The third kappa shape index (κ3) is 4.46. The minimum atomic E-state index is 0.0306. The van der Waals surface area contributed by atoms with Crippen LogP contribution < -0.4 is 4.74 Å². The van der Waals surface area contributed by atoms with Crippen molar-refractivity contribution in [3.05, 3.63) is 65.5 Å². The van der Waals surface area contributed by atoms with E-state index in [0.29, 0.717) is 42.7 Å². The molecule has 1 aliphatic heterocycles. The highest BCUT2D eigenvalue weighted by atomic mass is 16.5. The fourth-order valence-electron chi connectivity index (χ4n) is 3.38. The molecular weight excluding hydrogens is 368 g/mol. The van der Waals surface area contributed by atoms with E-state index in [2.05, 4.69) is 15.0 Å². The van der Waals surface area contributed by atoms with E-state index < -0.39 is 0 Å². The molecule has 0 atom stereocenters. The van der Waals surface area contributed by atoms with E-state index in [1.165, 1.54) is 5.56 Å². The zero-order chi connectivity index (χ0) is 20.2. The van der Waals surface area contributed by atoms with Crippen molar-refractivity contribution in [3.63, 3.8) is 0 Å². The second kappa shape index (κ2) is 8.45. The lowest BCUT2D eigenvalue weighted by molar-refractivity contribution is 0.0615. The SMILES string of the molecule is COc1cccc(C(=O)N2CCN(Cc3nc(-c4ccc(C)cc4)no3)CC2)c1. The van der Waals surface area contributed by atoms with Crippen LogP contribution in [0.15, 0.2) is 53.1 Å². The van der Waals surface area contributed by atoms with Gasteiger partial charge in [0.25, 0.3) is 5.91 Å². The first kappa shape index (κ1) is 19.1. The standard InChI is InChI=1S/C22H24N4O3/c1-16-6-8-17(9-7-16)21-23-20(29-24-21)15-25-10-12-26(13-11-25)22(27)18-4-3-5-19(14-18)28-2/h3-9,14H,10-13,15H2,1-2H3. The van der Waals surface area contributed by atoms with Gasteiger partial charge in [0.1, 0.15) is 5.75 Å². The molecule has 3 aromatic rings. The Bertz CT molecular complexity index is 976. The van der Waals surface area contributed by atoms with Crippen molar-refractivity contribution in [3.8, 4) is 17.1 Å². The lowest BCUT2D eigenvalue weighted by Crippen LogP contribution is -2.48. The van der Waals surface area contributed by atoms with E-state index >= 15 is 0 Å². The molecule has 0 N–H and O–H groups in total. The fourth-order valence-corrected chi connectivity index (χ4v) is 3.38. The molecule has 1 fully saturated rings. The molecule has 2 heterocycles. The summed E-state index contributed by atoms with van der Waals surface area (Å²) in [7, 11) is 1.60. The van der Waals surface area contributed by atoms with Crippen molar-refractivity contribution < 1.29 is 14.1 Å². The van der Waals surface area contributed by atoms with Crippen LogP contribution in [0.5, 0.6) is 5.75 Å². The Labute approximate surface area is 169 Å². The Hall–Kier alpha value is -3.19. The summed E-state index contributed by atoms with van der Waals surface area (Å²) in [6.07, 6.45) is 0. The quantitative estimate of drug-likeness (QED) is 0.665. The predicted octanol–water partition coefficient (Wildman–Crippen LogP) is 3.01. The Balaban J connectivity index is 1.33. The number of benzene rings is 2. The van der Waals surface area contributed by atoms with Crippen LogP contribution in [-0.4, -0.2) is 59.1 Å². The van der Waals surface area contributed by atoms with Gasteiger partial charge in [-0.05, 0) is 25.1 Å². The summed E-state index contributed by atoms with van der Waals surface area (Å²) in [5, 5.41) is 4.09. The van der Waals surface area contributed by atoms with Crippen molar-refractivity contribution in [1.29, 1.82) is 0 Å². The van der Waals surface area contributed by atoms with E-state index in [1.807, 2.05) is 54.3 Å². The Morgan fingerprint density at radius 2 is 1.86 bits per heavy atom. The molecule has 150 valence electrons. The average Bonchev–Trinajstić information content (AvgIpc) is 3.23. The smallest absolute Gasteiger partial charge is 0.254 e. The monoisotopic (exact) mass is 392 g/mol. The first-order valence-corrected chi connectivity index (χ1v) is 9.68. The fraction of sp³-hybridized carbons (Fsp3) is 0.318. The maximum atomic E-state index is 12.7. The number of carbonyl (C=O) groups is 1. The van der Waals surface area contributed by atoms with Gasteiger partial charge in [-0.25, -0.2) is 0 Å². The van der Waals surface area contributed by atoms with Crippen LogP contribution >= 0.6 is 0 Å². The predicted molar refractivity (Wildman–Crippen MR) is 109 cm³/mol. The van der Waals surface area contributed by atoms with E-state index in [9.17, 15) is 4.79 Å². The lowest BCUT2D eigenvalue weighted by Gasteiger charge is -2.34. The van der Waals surface area contributed by atoms with Crippen molar-refractivity contribution in [2.75, 3.05) is 33.3 Å². The van der Waals surface area contributed by atoms with Crippen molar-refractivity contribution in [1.82, 2.24) is 19.9 Å². The van der Waals surface area contributed by atoms with Gasteiger partial charge in [-0.3, -0.25) is 9.69 Å². The topological polar surface area (TPSA) is 71.7 Å². The van der Waals surface area contributed by atoms with Crippen LogP contribution in [-0.2, 0) is 6.54 Å². The van der Waals surface area contributed by atoms with Gasteiger partial charge in [-0.15, -0.1) is 0 Å². The van der Waals surface area contributed by atoms with Gasteiger partial charge in [0.2, 0.25) is 11.7 Å². The number of amides is 1. The molecular formula is C22H24N4O3. The second-order valence-electron chi connectivity index (χ2n) is 7.18. The van der Waals surface area contributed by atoms with Gasteiger partial charge in [0, 0.05) is 37.3 Å². The number of hydrogen-bond acceptors (Lipinski definition) is 6. The van der Waals surface area contributed by atoms with Crippen molar-refractivity contribution in [2.24, 2.45) is 0 Å². The second-order valence-corrected chi connectivity index (χ2v) is 7.18. The normalized spacial score (nSPS) is 14.8. The molecule has 0 spiro atoms. The summed E-state index contributed by atoms with van der Waals surface area (Å²) in [4.78, 5) is 21.3. The van der Waals surface area contributed by atoms with Crippen LogP contribution in [0.25, 0.3) is 11.4 Å². The van der Waals surface area contributed by atoms with Crippen LogP contribution in [0.3, 0.4) is 0 Å². The van der Waals surface area contributed by atoms with Gasteiger partial charge in [-0.1, -0.05) is 41.1 Å². The van der Waals surface area contributed by atoms with E-state index in [1.54, 1.807) is 13.2 Å². The maximum Gasteiger partial charge on any atom is 0.254 e. The highest BCUT2D eigenvalue weighted by Crippen LogP contribution is 2.18. The number of nitrogens with zero attached hydrogens (tertiary/aromatic N) is 4. The number of carbonyl (C=O) groups excluding carboxylic acids is 1. The van der Waals surface area contributed by atoms with Crippen LogP contribution in [0.1, 0.15) is 21.8 Å². The molecule has 0 bridgehead atoms. The molecule has 1 saturated heterocycles. The van der Waals surface area contributed by atoms with Crippen LogP contribution in [0, 0.1) is 6.92 Å². The molecule has 0 saturated carbocycles. The summed E-state index contributed by atoms with van der Waals surface area (Å²) in [5.74, 6) is 1.92. The van der Waals surface area contributed by atoms with E-state index in [0.717, 1.165) is 18.7 Å². The van der Waals surface area contributed by atoms with Gasteiger partial charge < -0.3 is 14.2 Å². The third-order valence-electron chi connectivity index (χ3n) is 5.11. The highest BCUT2D eigenvalue weighted by molar-refractivity contribution is 5.94. The number of piperazine rings is 1. The number of rotatable bonds is 5. The molecule has 7 nitrogen and oxygen atoms in total. The Morgan fingerprint density at radius 3 is 2.59 bits per heavy atom. The number of aryl methyl sites for hydroxylation is 1. The molecule has 7 heteroatoms. The first-order valence-electron chi connectivity index (χ1n) is 9.68. The summed E-state index contributed by atoms with van der Waals surface area (Å²) in [6.45, 7) is 5.48. The molecule has 2 aromatic carbocycles. The summed E-state index contributed by atoms with van der Waals surface area (Å²) in [5.41, 5.74) is 2.79. The molecule has 0 unspecified atom stereocenters. The van der Waals surface area contributed by atoms with Gasteiger partial charge in [0.05, 0.1) is 13.7 Å². The lowest BCUT2D eigenvalue weighted by atomic mass is 10.1. The minimum Gasteiger partial charge on any atom is -0.497 e. The summed E-state index contributed by atoms with van der Waals surface area (Å²) >= 11 is 0. The van der Waals surface area contributed by atoms with E-state index in [4.69, 9.17) is 9.26 Å². The molecule has 1 amide bonds. The maximum absolute atomic E-state index is 12.7. The number of aromatic nitrogens is 2. The third-order valence-corrected chi connectivity index (χ3v) is 5.11. The Morgan fingerprint density at radius 1 is 1.10 bits per heavy atom.